The number of carbonyl (C=O) groups excluding carboxylic acids is 2. The van der Waals surface area contributed by atoms with E-state index in [0.29, 0.717) is 25.9 Å². The maximum Gasteiger partial charge on any atom is 0.243 e. The van der Waals surface area contributed by atoms with Gasteiger partial charge >= 0.3 is 0 Å². The van der Waals surface area contributed by atoms with Crippen LogP contribution in [0.1, 0.15) is 18.4 Å². The SMILES string of the molecule is O=C(CNC(=O)[C@H]1CCCN(S(=O)(=O)c2ccccc2)C1)NCc1cccnc1. The molecule has 1 aliphatic heterocycles. The van der Waals surface area contributed by atoms with Crippen LogP contribution in [0.25, 0.3) is 0 Å². The fraction of sp³-hybridized carbons (Fsp3) is 0.350. The lowest BCUT2D eigenvalue weighted by molar-refractivity contribution is -0.129. The van der Waals surface area contributed by atoms with Crippen LogP contribution in [0.2, 0.25) is 0 Å². The molecule has 1 fully saturated rings. The molecule has 3 rings (SSSR count). The van der Waals surface area contributed by atoms with Gasteiger partial charge in [0.2, 0.25) is 21.8 Å². The monoisotopic (exact) mass is 416 g/mol. The maximum atomic E-state index is 12.8. The van der Waals surface area contributed by atoms with Gasteiger partial charge in [-0.15, -0.1) is 0 Å². The lowest BCUT2D eigenvalue weighted by Gasteiger charge is -2.31. The Morgan fingerprint density at radius 3 is 2.62 bits per heavy atom. The number of benzene rings is 1. The highest BCUT2D eigenvalue weighted by atomic mass is 32.2. The van der Waals surface area contributed by atoms with E-state index in [2.05, 4.69) is 15.6 Å². The highest BCUT2D eigenvalue weighted by Gasteiger charge is 2.33. The minimum atomic E-state index is -3.63. The van der Waals surface area contributed by atoms with Gasteiger partial charge in [0, 0.05) is 32.0 Å². The van der Waals surface area contributed by atoms with Gasteiger partial charge in [-0.25, -0.2) is 8.42 Å². The van der Waals surface area contributed by atoms with Crippen LogP contribution in [0.15, 0.2) is 59.8 Å². The van der Waals surface area contributed by atoms with Crippen molar-refractivity contribution < 1.29 is 18.0 Å². The molecule has 0 aliphatic carbocycles. The normalized spacial score (nSPS) is 17.4. The van der Waals surface area contributed by atoms with Gasteiger partial charge in [0.25, 0.3) is 0 Å². The standard InChI is InChI=1S/C20H24N4O4S/c25-19(22-13-16-6-4-10-21-12-16)14-23-20(26)17-7-5-11-24(15-17)29(27,28)18-8-2-1-3-9-18/h1-4,6,8-10,12,17H,5,7,11,13-15H2,(H,22,25)(H,23,26)/t17-/m0/s1. The third-order valence-electron chi connectivity index (χ3n) is 4.77. The summed E-state index contributed by atoms with van der Waals surface area (Å²) in [6.07, 6.45) is 4.49. The van der Waals surface area contributed by atoms with E-state index in [-0.39, 0.29) is 29.8 Å². The molecule has 2 heterocycles. The zero-order chi connectivity index (χ0) is 20.7. The van der Waals surface area contributed by atoms with E-state index < -0.39 is 15.9 Å². The van der Waals surface area contributed by atoms with Crippen molar-refractivity contribution in [3.05, 3.63) is 60.4 Å². The fourth-order valence-corrected chi connectivity index (χ4v) is 4.74. The van der Waals surface area contributed by atoms with Crippen LogP contribution in [-0.4, -0.2) is 49.2 Å². The van der Waals surface area contributed by atoms with E-state index in [1.54, 1.807) is 48.8 Å². The van der Waals surface area contributed by atoms with E-state index in [9.17, 15) is 18.0 Å². The molecule has 1 aliphatic rings. The molecule has 154 valence electrons. The van der Waals surface area contributed by atoms with Gasteiger partial charge in [0.1, 0.15) is 0 Å². The zero-order valence-corrected chi connectivity index (χ0v) is 16.8. The summed E-state index contributed by atoms with van der Waals surface area (Å²) in [7, 11) is -3.63. The second kappa shape index (κ2) is 9.62. The second-order valence-corrected chi connectivity index (χ2v) is 8.81. The number of piperidine rings is 1. The number of nitrogens with zero attached hydrogens (tertiary/aromatic N) is 2. The highest BCUT2D eigenvalue weighted by molar-refractivity contribution is 7.89. The lowest BCUT2D eigenvalue weighted by atomic mass is 9.99. The molecule has 2 N–H and O–H groups in total. The van der Waals surface area contributed by atoms with Crippen LogP contribution in [0.5, 0.6) is 0 Å². The number of nitrogens with one attached hydrogen (secondary N) is 2. The number of hydrogen-bond acceptors (Lipinski definition) is 5. The zero-order valence-electron chi connectivity index (χ0n) is 16.0. The van der Waals surface area contributed by atoms with E-state index in [1.807, 2.05) is 6.07 Å². The van der Waals surface area contributed by atoms with Crippen molar-refractivity contribution in [3.63, 3.8) is 0 Å². The summed E-state index contributed by atoms with van der Waals surface area (Å²) < 4.78 is 26.9. The predicted molar refractivity (Wildman–Crippen MR) is 107 cm³/mol. The number of amides is 2. The average molecular weight is 417 g/mol. The summed E-state index contributed by atoms with van der Waals surface area (Å²) in [5.74, 6) is -1.10. The molecule has 8 nitrogen and oxygen atoms in total. The molecular formula is C20H24N4O4S. The Labute approximate surface area is 170 Å². The van der Waals surface area contributed by atoms with Gasteiger partial charge in [-0.1, -0.05) is 24.3 Å². The topological polar surface area (TPSA) is 108 Å². The van der Waals surface area contributed by atoms with Crippen molar-refractivity contribution in [2.45, 2.75) is 24.3 Å². The molecule has 2 aromatic rings. The first-order valence-electron chi connectivity index (χ1n) is 9.45. The largest absolute Gasteiger partial charge is 0.350 e. The first-order valence-corrected chi connectivity index (χ1v) is 10.9. The van der Waals surface area contributed by atoms with Crippen molar-refractivity contribution in [2.24, 2.45) is 5.92 Å². The molecule has 1 atom stereocenters. The highest BCUT2D eigenvalue weighted by Crippen LogP contribution is 2.23. The molecule has 1 saturated heterocycles. The van der Waals surface area contributed by atoms with Gasteiger partial charge in [0.15, 0.2) is 0 Å². The molecule has 2 amide bonds. The summed E-state index contributed by atoms with van der Waals surface area (Å²) in [5, 5.41) is 5.32. The van der Waals surface area contributed by atoms with E-state index >= 15 is 0 Å². The van der Waals surface area contributed by atoms with Gasteiger partial charge in [-0.3, -0.25) is 14.6 Å². The Kier molecular flexibility index (Phi) is 6.95. The number of carbonyl (C=O) groups is 2. The van der Waals surface area contributed by atoms with Gasteiger partial charge in [-0.2, -0.15) is 4.31 Å². The maximum absolute atomic E-state index is 12.8. The Balaban J connectivity index is 1.50. The third kappa shape index (κ3) is 5.61. The fourth-order valence-electron chi connectivity index (χ4n) is 3.19. The number of hydrogen-bond donors (Lipinski definition) is 2. The smallest absolute Gasteiger partial charge is 0.243 e. The van der Waals surface area contributed by atoms with Crippen LogP contribution < -0.4 is 10.6 Å². The second-order valence-electron chi connectivity index (χ2n) is 6.87. The number of aromatic nitrogens is 1. The van der Waals surface area contributed by atoms with Gasteiger partial charge in [0.05, 0.1) is 17.4 Å². The van der Waals surface area contributed by atoms with Crippen LogP contribution >= 0.6 is 0 Å². The molecule has 29 heavy (non-hydrogen) atoms. The minimum absolute atomic E-state index is 0.111. The molecule has 0 unspecified atom stereocenters. The molecule has 0 spiro atoms. The number of pyridine rings is 1. The van der Waals surface area contributed by atoms with Crippen LogP contribution in [-0.2, 0) is 26.2 Å². The quantitative estimate of drug-likeness (QED) is 0.698. The van der Waals surface area contributed by atoms with Crippen LogP contribution in [0.3, 0.4) is 0 Å². The van der Waals surface area contributed by atoms with Crippen LogP contribution in [0.4, 0.5) is 0 Å². The molecule has 0 bridgehead atoms. The first kappa shape index (κ1) is 20.9. The molecule has 1 aromatic carbocycles. The van der Waals surface area contributed by atoms with Crippen molar-refractivity contribution in [3.8, 4) is 0 Å². The molecule has 1 aromatic heterocycles. The number of sulfonamides is 1. The Morgan fingerprint density at radius 1 is 1.10 bits per heavy atom. The lowest BCUT2D eigenvalue weighted by Crippen LogP contribution is -2.47. The Hall–Kier alpha value is -2.78. The predicted octanol–water partition coefficient (Wildman–Crippen LogP) is 0.915. The van der Waals surface area contributed by atoms with Crippen molar-refractivity contribution in [2.75, 3.05) is 19.6 Å². The van der Waals surface area contributed by atoms with Crippen molar-refractivity contribution in [1.82, 2.24) is 19.9 Å². The van der Waals surface area contributed by atoms with Crippen LogP contribution in [0, 0.1) is 5.92 Å². The van der Waals surface area contributed by atoms with E-state index in [0.717, 1.165) is 5.56 Å². The van der Waals surface area contributed by atoms with Gasteiger partial charge in [-0.05, 0) is 36.6 Å². The molecular weight excluding hydrogens is 392 g/mol. The summed E-state index contributed by atoms with van der Waals surface area (Å²) in [6, 6.07) is 11.8. The van der Waals surface area contributed by atoms with Gasteiger partial charge < -0.3 is 10.6 Å². The summed E-state index contributed by atoms with van der Waals surface area (Å²) in [6.45, 7) is 0.670. The molecule has 9 heteroatoms. The first-order chi connectivity index (χ1) is 14.0. The van der Waals surface area contributed by atoms with Crippen molar-refractivity contribution in [1.29, 1.82) is 0 Å². The van der Waals surface area contributed by atoms with E-state index in [1.165, 1.54) is 4.31 Å². The Morgan fingerprint density at radius 2 is 1.90 bits per heavy atom. The third-order valence-corrected chi connectivity index (χ3v) is 6.65. The minimum Gasteiger partial charge on any atom is -0.350 e. The average Bonchev–Trinajstić information content (AvgIpc) is 2.77. The molecule has 0 saturated carbocycles. The Bertz CT molecular complexity index is 935. The van der Waals surface area contributed by atoms with Crippen molar-refractivity contribution >= 4 is 21.8 Å². The summed E-state index contributed by atoms with van der Waals surface area (Å²) in [4.78, 5) is 28.6. The summed E-state index contributed by atoms with van der Waals surface area (Å²) >= 11 is 0. The summed E-state index contributed by atoms with van der Waals surface area (Å²) in [5.41, 5.74) is 0.862. The van der Waals surface area contributed by atoms with E-state index in [4.69, 9.17) is 0 Å². The number of rotatable bonds is 7. The molecule has 0 radical (unpaired) electrons.